The maximum atomic E-state index is 14.0. The number of hydrogen-bond donors (Lipinski definition) is 0. The van der Waals surface area contributed by atoms with Gasteiger partial charge in [0.1, 0.15) is 9.52 Å². The molecule has 3 rings (SSSR count). The standard InChI is InChI=1S/C14H7F4IN2OS/c1-6-5-9-11(23-6)12(19)20-21(9)13(22)10-7(14(16,17)18)3-2-4-8(10)15/h2-5H,1H3. The first-order valence-electron chi connectivity index (χ1n) is 6.25. The van der Waals surface area contributed by atoms with Crippen molar-refractivity contribution >= 4 is 50.1 Å². The van der Waals surface area contributed by atoms with Gasteiger partial charge in [-0.2, -0.15) is 23.0 Å². The lowest BCUT2D eigenvalue weighted by molar-refractivity contribution is -0.138. The van der Waals surface area contributed by atoms with Gasteiger partial charge in [-0.15, -0.1) is 11.3 Å². The number of fused-ring (bicyclic) bond motifs is 1. The maximum absolute atomic E-state index is 14.0. The van der Waals surface area contributed by atoms with Crippen LogP contribution in [0.3, 0.4) is 0 Å². The molecule has 0 aliphatic heterocycles. The van der Waals surface area contributed by atoms with Crippen molar-refractivity contribution in [2.45, 2.75) is 13.1 Å². The van der Waals surface area contributed by atoms with Crippen LogP contribution < -0.4 is 0 Å². The van der Waals surface area contributed by atoms with Crippen LogP contribution in [-0.2, 0) is 6.18 Å². The van der Waals surface area contributed by atoms with E-state index in [1.807, 2.05) is 22.6 Å². The Hall–Kier alpha value is -1.49. The fourth-order valence-electron chi connectivity index (χ4n) is 2.23. The Balaban J connectivity index is 2.25. The molecule has 0 fully saturated rings. The van der Waals surface area contributed by atoms with Gasteiger partial charge in [-0.25, -0.2) is 4.39 Å². The summed E-state index contributed by atoms with van der Waals surface area (Å²) in [4.78, 5) is 13.4. The Bertz CT molecular complexity index is 929. The summed E-state index contributed by atoms with van der Waals surface area (Å²) in [7, 11) is 0. The van der Waals surface area contributed by atoms with E-state index in [9.17, 15) is 22.4 Å². The van der Waals surface area contributed by atoms with E-state index in [0.717, 1.165) is 21.7 Å². The Morgan fingerprint density at radius 2 is 2.04 bits per heavy atom. The van der Waals surface area contributed by atoms with Crippen LogP contribution in [0.25, 0.3) is 10.2 Å². The molecule has 0 saturated carbocycles. The minimum atomic E-state index is -4.84. The van der Waals surface area contributed by atoms with Gasteiger partial charge in [0, 0.05) is 4.88 Å². The third-order valence-electron chi connectivity index (χ3n) is 3.16. The monoisotopic (exact) mass is 454 g/mol. The second kappa shape index (κ2) is 5.55. The van der Waals surface area contributed by atoms with Gasteiger partial charge >= 0.3 is 6.18 Å². The van der Waals surface area contributed by atoms with Gasteiger partial charge in [-0.05, 0) is 47.7 Å². The molecule has 2 aromatic heterocycles. The van der Waals surface area contributed by atoms with E-state index in [1.54, 1.807) is 13.0 Å². The number of halogens is 5. The molecule has 0 amide bonds. The van der Waals surface area contributed by atoms with Crippen molar-refractivity contribution in [3.05, 3.63) is 49.8 Å². The summed E-state index contributed by atoms with van der Waals surface area (Å²) < 4.78 is 55.2. The fourth-order valence-corrected chi connectivity index (χ4v) is 3.92. The van der Waals surface area contributed by atoms with Gasteiger partial charge in [-0.3, -0.25) is 4.79 Å². The molecule has 0 aliphatic rings. The van der Waals surface area contributed by atoms with Crippen LogP contribution in [0.15, 0.2) is 24.3 Å². The van der Waals surface area contributed by atoms with Crippen molar-refractivity contribution in [3.8, 4) is 0 Å². The zero-order valence-electron chi connectivity index (χ0n) is 11.4. The average Bonchev–Trinajstić information content (AvgIpc) is 2.96. The number of aryl methyl sites for hydroxylation is 1. The van der Waals surface area contributed by atoms with Crippen LogP contribution in [0.4, 0.5) is 17.6 Å². The molecule has 3 aromatic rings. The molecule has 0 aliphatic carbocycles. The number of carbonyl (C=O) groups excluding carboxylic acids is 1. The maximum Gasteiger partial charge on any atom is 0.417 e. The van der Waals surface area contributed by atoms with E-state index in [0.29, 0.717) is 20.0 Å². The van der Waals surface area contributed by atoms with Crippen molar-refractivity contribution in [2.75, 3.05) is 0 Å². The van der Waals surface area contributed by atoms with Crippen LogP contribution in [0.2, 0.25) is 0 Å². The van der Waals surface area contributed by atoms with Gasteiger partial charge in [0.05, 0.1) is 21.3 Å². The molecule has 0 bridgehead atoms. The van der Waals surface area contributed by atoms with E-state index in [1.165, 1.54) is 11.3 Å². The Labute approximate surface area is 145 Å². The highest BCUT2D eigenvalue weighted by Gasteiger charge is 2.37. The molecule has 23 heavy (non-hydrogen) atoms. The van der Waals surface area contributed by atoms with Crippen molar-refractivity contribution in [3.63, 3.8) is 0 Å². The number of thiophene rings is 1. The second-order valence-electron chi connectivity index (χ2n) is 4.74. The van der Waals surface area contributed by atoms with Crippen molar-refractivity contribution in [1.29, 1.82) is 0 Å². The van der Waals surface area contributed by atoms with Crippen LogP contribution >= 0.6 is 33.9 Å². The zero-order chi connectivity index (χ0) is 16.9. The topological polar surface area (TPSA) is 34.9 Å². The number of benzene rings is 1. The van der Waals surface area contributed by atoms with Gasteiger partial charge in [0.25, 0.3) is 5.91 Å². The van der Waals surface area contributed by atoms with Crippen LogP contribution in [-0.4, -0.2) is 15.7 Å². The lowest BCUT2D eigenvalue weighted by atomic mass is 10.1. The van der Waals surface area contributed by atoms with Crippen molar-refractivity contribution < 1.29 is 22.4 Å². The molecule has 0 N–H and O–H groups in total. The summed E-state index contributed by atoms with van der Waals surface area (Å²) in [5.74, 6) is -2.36. The predicted octanol–water partition coefficient (Wildman–Crippen LogP) is 4.86. The first kappa shape index (κ1) is 16.4. The third-order valence-corrected chi connectivity index (χ3v) is 5.33. The summed E-state index contributed by atoms with van der Waals surface area (Å²) >= 11 is 3.26. The number of carbonyl (C=O) groups is 1. The number of nitrogens with zero attached hydrogens (tertiary/aromatic N) is 2. The zero-order valence-corrected chi connectivity index (χ0v) is 14.4. The van der Waals surface area contributed by atoms with Crippen LogP contribution in [0, 0.1) is 16.4 Å². The number of alkyl halides is 3. The van der Waals surface area contributed by atoms with Gasteiger partial charge in [0.2, 0.25) is 0 Å². The van der Waals surface area contributed by atoms with E-state index >= 15 is 0 Å². The highest BCUT2D eigenvalue weighted by atomic mass is 127. The molecule has 0 atom stereocenters. The molecule has 0 spiro atoms. The molecule has 1 aromatic carbocycles. The minimum absolute atomic E-state index is 0.373. The summed E-state index contributed by atoms with van der Waals surface area (Å²) in [5, 5.41) is 3.96. The molecule has 0 saturated heterocycles. The molecule has 120 valence electrons. The van der Waals surface area contributed by atoms with Gasteiger partial charge in [0.15, 0.2) is 0 Å². The Morgan fingerprint density at radius 3 is 2.70 bits per heavy atom. The van der Waals surface area contributed by atoms with E-state index in [-0.39, 0.29) is 0 Å². The van der Waals surface area contributed by atoms with Crippen molar-refractivity contribution in [1.82, 2.24) is 9.78 Å². The minimum Gasteiger partial charge on any atom is -0.267 e. The first-order valence-corrected chi connectivity index (χ1v) is 8.14. The fraction of sp³-hybridized carbons (Fsp3) is 0.143. The van der Waals surface area contributed by atoms with E-state index in [4.69, 9.17) is 0 Å². The summed E-state index contributed by atoms with van der Waals surface area (Å²) in [5.41, 5.74) is -1.96. The third kappa shape index (κ3) is 2.75. The SMILES string of the molecule is Cc1cc2c(s1)c(I)nn2C(=O)c1c(F)cccc1C(F)(F)F. The number of aromatic nitrogens is 2. The molecule has 2 heterocycles. The van der Waals surface area contributed by atoms with Gasteiger partial charge in [-0.1, -0.05) is 6.07 Å². The normalized spacial score (nSPS) is 12.1. The van der Waals surface area contributed by atoms with Crippen LogP contribution in [0.5, 0.6) is 0 Å². The largest absolute Gasteiger partial charge is 0.417 e. The smallest absolute Gasteiger partial charge is 0.267 e. The Morgan fingerprint density at radius 1 is 1.35 bits per heavy atom. The highest BCUT2D eigenvalue weighted by Crippen LogP contribution is 2.35. The lowest BCUT2D eigenvalue weighted by Crippen LogP contribution is -2.21. The van der Waals surface area contributed by atoms with Crippen molar-refractivity contribution in [2.24, 2.45) is 0 Å². The summed E-state index contributed by atoms with van der Waals surface area (Å²) in [6, 6.07) is 4.07. The summed E-state index contributed by atoms with van der Waals surface area (Å²) in [6.45, 7) is 1.81. The Kier molecular flexibility index (Phi) is 3.95. The van der Waals surface area contributed by atoms with E-state index < -0.39 is 29.0 Å². The highest BCUT2D eigenvalue weighted by molar-refractivity contribution is 14.1. The lowest BCUT2D eigenvalue weighted by Gasteiger charge is -2.12. The molecular weight excluding hydrogens is 447 g/mol. The number of hydrogen-bond acceptors (Lipinski definition) is 3. The quantitative estimate of drug-likeness (QED) is 0.389. The van der Waals surface area contributed by atoms with E-state index in [2.05, 4.69) is 5.10 Å². The molecule has 0 unspecified atom stereocenters. The van der Waals surface area contributed by atoms with Crippen LogP contribution in [0.1, 0.15) is 20.8 Å². The molecule has 0 radical (unpaired) electrons. The molecular formula is C14H7F4IN2OS. The second-order valence-corrected chi connectivity index (χ2v) is 7.02. The first-order chi connectivity index (χ1) is 10.7. The molecule has 3 nitrogen and oxygen atoms in total. The number of rotatable bonds is 1. The predicted molar refractivity (Wildman–Crippen MR) is 86.2 cm³/mol. The summed E-state index contributed by atoms with van der Waals surface area (Å²) in [6.07, 6.45) is -4.84. The van der Waals surface area contributed by atoms with Gasteiger partial charge < -0.3 is 0 Å². The average molecular weight is 454 g/mol. The molecule has 9 heteroatoms.